The van der Waals surface area contributed by atoms with Crippen molar-refractivity contribution in [1.29, 1.82) is 0 Å². The van der Waals surface area contributed by atoms with Crippen molar-refractivity contribution in [3.8, 4) is 0 Å². The molecule has 0 amide bonds. The second kappa shape index (κ2) is 5.11. The Morgan fingerprint density at radius 3 is 3.00 bits per heavy atom. The van der Waals surface area contributed by atoms with Crippen LogP contribution in [0.2, 0.25) is 0 Å². The summed E-state index contributed by atoms with van der Waals surface area (Å²) in [7, 11) is 0. The summed E-state index contributed by atoms with van der Waals surface area (Å²) in [6, 6.07) is 5.41. The molecule has 4 rings (SSSR count). The van der Waals surface area contributed by atoms with Crippen LogP contribution >= 0.6 is 0 Å². The van der Waals surface area contributed by atoms with Crippen molar-refractivity contribution >= 4 is 17.3 Å². The molecule has 2 aromatic rings. The van der Waals surface area contributed by atoms with Crippen LogP contribution in [0.5, 0.6) is 0 Å². The highest BCUT2D eigenvalue weighted by atomic mass is 19.1. The van der Waals surface area contributed by atoms with Crippen LogP contribution in [0.1, 0.15) is 46.9 Å². The molecule has 1 atom stereocenters. The second-order valence-corrected chi connectivity index (χ2v) is 6.32. The highest BCUT2D eigenvalue weighted by Crippen LogP contribution is 2.37. The Kier molecular flexibility index (Phi) is 3.18. The van der Waals surface area contributed by atoms with Crippen molar-refractivity contribution in [2.24, 2.45) is 0 Å². The molecule has 1 aromatic heterocycles. The van der Waals surface area contributed by atoms with Gasteiger partial charge in [0, 0.05) is 28.9 Å². The third kappa shape index (κ3) is 2.22. The molecule has 0 bridgehead atoms. The molecule has 23 heavy (non-hydrogen) atoms. The molecule has 0 spiro atoms. The number of anilines is 2. The largest absolute Gasteiger partial charge is 0.340 e. The minimum absolute atomic E-state index is 0.162. The van der Waals surface area contributed by atoms with E-state index in [1.807, 2.05) is 12.1 Å². The lowest BCUT2D eigenvalue weighted by Crippen LogP contribution is -2.29. The number of nitrogens with one attached hydrogen (secondary N) is 1. The van der Waals surface area contributed by atoms with Crippen LogP contribution in [0.4, 0.5) is 15.9 Å². The molecule has 0 fully saturated rings. The number of ketones is 1. The minimum Gasteiger partial charge on any atom is -0.340 e. The standard InChI is InChI=1S/C18H18FN3O/c1-2-18(19)9-11-8-12(6-7-13(11)16(18)23)22-17-14-4-3-5-15(14)20-10-21-17/h6-8,10H,2-5,9H2,1H3,(H,20,21,22). The molecule has 1 heterocycles. The van der Waals surface area contributed by atoms with Crippen LogP contribution < -0.4 is 5.32 Å². The molecule has 4 nitrogen and oxygen atoms in total. The van der Waals surface area contributed by atoms with Gasteiger partial charge in [0.25, 0.3) is 0 Å². The predicted molar refractivity (Wildman–Crippen MR) is 85.9 cm³/mol. The summed E-state index contributed by atoms with van der Waals surface area (Å²) < 4.78 is 14.6. The maximum absolute atomic E-state index is 14.6. The minimum atomic E-state index is -1.74. The van der Waals surface area contributed by atoms with Gasteiger partial charge < -0.3 is 5.32 Å². The van der Waals surface area contributed by atoms with Crippen molar-refractivity contribution in [2.45, 2.75) is 44.7 Å². The fourth-order valence-corrected chi connectivity index (χ4v) is 3.55. The van der Waals surface area contributed by atoms with Crippen molar-refractivity contribution in [1.82, 2.24) is 9.97 Å². The number of carbonyl (C=O) groups excluding carboxylic acids is 1. The molecule has 1 N–H and O–H groups in total. The third-order valence-electron chi connectivity index (χ3n) is 4.93. The van der Waals surface area contributed by atoms with E-state index in [4.69, 9.17) is 0 Å². The van der Waals surface area contributed by atoms with Crippen molar-refractivity contribution < 1.29 is 9.18 Å². The van der Waals surface area contributed by atoms with E-state index < -0.39 is 5.67 Å². The molecule has 0 aliphatic heterocycles. The van der Waals surface area contributed by atoms with Gasteiger partial charge in [-0.05, 0) is 49.4 Å². The van der Waals surface area contributed by atoms with E-state index in [9.17, 15) is 9.18 Å². The van der Waals surface area contributed by atoms with Crippen LogP contribution in [0.15, 0.2) is 24.5 Å². The number of nitrogens with zero attached hydrogens (tertiary/aromatic N) is 2. The lowest BCUT2D eigenvalue weighted by molar-refractivity contribution is 0.0711. The Labute approximate surface area is 134 Å². The number of rotatable bonds is 3. The lowest BCUT2D eigenvalue weighted by atomic mass is 9.98. The summed E-state index contributed by atoms with van der Waals surface area (Å²) in [5.41, 5.74) is 2.65. The molecule has 0 saturated carbocycles. The lowest BCUT2D eigenvalue weighted by Gasteiger charge is -2.13. The maximum Gasteiger partial charge on any atom is 0.200 e. The molecule has 5 heteroatoms. The monoisotopic (exact) mass is 311 g/mol. The first kappa shape index (κ1) is 14.3. The highest BCUT2D eigenvalue weighted by Gasteiger charge is 2.44. The van der Waals surface area contributed by atoms with Crippen LogP contribution in [0, 0.1) is 0 Å². The molecule has 0 saturated heterocycles. The van der Waals surface area contributed by atoms with Gasteiger partial charge in [-0.1, -0.05) is 6.92 Å². The number of aromatic nitrogens is 2. The van der Waals surface area contributed by atoms with E-state index in [-0.39, 0.29) is 18.6 Å². The number of fused-ring (bicyclic) bond motifs is 2. The number of hydrogen-bond donors (Lipinski definition) is 1. The third-order valence-corrected chi connectivity index (χ3v) is 4.93. The summed E-state index contributed by atoms with van der Waals surface area (Å²) in [6.45, 7) is 1.72. The van der Waals surface area contributed by atoms with Crippen LogP contribution in [-0.2, 0) is 19.3 Å². The summed E-state index contributed by atoms with van der Waals surface area (Å²) in [4.78, 5) is 20.8. The Bertz CT molecular complexity index is 805. The number of aryl methyl sites for hydroxylation is 1. The van der Waals surface area contributed by atoms with E-state index in [1.54, 1.807) is 19.3 Å². The molecule has 118 valence electrons. The van der Waals surface area contributed by atoms with E-state index in [0.717, 1.165) is 47.6 Å². The number of alkyl halides is 1. The molecule has 0 radical (unpaired) electrons. The van der Waals surface area contributed by atoms with Gasteiger partial charge in [0.15, 0.2) is 5.67 Å². The summed E-state index contributed by atoms with van der Waals surface area (Å²) in [6.07, 6.45) is 5.02. The fraction of sp³-hybridized carbons (Fsp3) is 0.389. The number of hydrogen-bond acceptors (Lipinski definition) is 4. The van der Waals surface area contributed by atoms with Gasteiger partial charge in [-0.25, -0.2) is 14.4 Å². The van der Waals surface area contributed by atoms with Gasteiger partial charge >= 0.3 is 0 Å². The fourth-order valence-electron chi connectivity index (χ4n) is 3.55. The van der Waals surface area contributed by atoms with Gasteiger partial charge in [0.1, 0.15) is 12.1 Å². The summed E-state index contributed by atoms with van der Waals surface area (Å²) >= 11 is 0. The SMILES string of the molecule is CCC1(F)Cc2cc(Nc3ncnc4c3CCC4)ccc2C1=O. The first-order valence-corrected chi connectivity index (χ1v) is 8.07. The first-order chi connectivity index (χ1) is 11.1. The Morgan fingerprint density at radius 2 is 2.17 bits per heavy atom. The van der Waals surface area contributed by atoms with Crippen molar-refractivity contribution in [2.75, 3.05) is 5.32 Å². The predicted octanol–water partition coefficient (Wildman–Crippen LogP) is 3.57. The number of carbonyl (C=O) groups is 1. The van der Waals surface area contributed by atoms with Crippen LogP contribution in [0.25, 0.3) is 0 Å². The van der Waals surface area contributed by atoms with E-state index in [1.165, 1.54) is 0 Å². The second-order valence-electron chi connectivity index (χ2n) is 6.32. The average molecular weight is 311 g/mol. The molecular weight excluding hydrogens is 293 g/mol. The van der Waals surface area contributed by atoms with E-state index >= 15 is 0 Å². The number of Topliss-reactive ketones (excluding diaryl/α,β-unsaturated/α-hetero) is 1. The zero-order valence-electron chi connectivity index (χ0n) is 13.0. The molecule has 2 aliphatic carbocycles. The zero-order valence-corrected chi connectivity index (χ0v) is 13.0. The maximum atomic E-state index is 14.6. The Hall–Kier alpha value is -2.30. The van der Waals surface area contributed by atoms with Gasteiger partial charge in [-0.3, -0.25) is 4.79 Å². The Morgan fingerprint density at radius 1 is 1.30 bits per heavy atom. The zero-order chi connectivity index (χ0) is 16.0. The highest BCUT2D eigenvalue weighted by molar-refractivity contribution is 6.07. The summed E-state index contributed by atoms with van der Waals surface area (Å²) in [5, 5.41) is 3.31. The average Bonchev–Trinajstić information content (AvgIpc) is 3.12. The number of halogens is 1. The van der Waals surface area contributed by atoms with Crippen molar-refractivity contribution in [3.63, 3.8) is 0 Å². The Balaban J connectivity index is 1.65. The first-order valence-electron chi connectivity index (χ1n) is 8.07. The topological polar surface area (TPSA) is 54.9 Å². The van der Waals surface area contributed by atoms with Crippen molar-refractivity contribution in [3.05, 3.63) is 46.9 Å². The molecule has 2 aliphatic rings. The number of benzene rings is 1. The van der Waals surface area contributed by atoms with Crippen LogP contribution in [0.3, 0.4) is 0 Å². The quantitative estimate of drug-likeness (QED) is 0.941. The molecular formula is C18H18FN3O. The van der Waals surface area contributed by atoms with Gasteiger partial charge in [-0.2, -0.15) is 0 Å². The van der Waals surface area contributed by atoms with Crippen LogP contribution in [-0.4, -0.2) is 21.4 Å². The van der Waals surface area contributed by atoms with Gasteiger partial charge in [0.05, 0.1) is 0 Å². The summed E-state index contributed by atoms with van der Waals surface area (Å²) in [5.74, 6) is 0.434. The molecule has 1 aromatic carbocycles. The molecule has 1 unspecified atom stereocenters. The van der Waals surface area contributed by atoms with E-state index in [0.29, 0.717) is 5.56 Å². The van der Waals surface area contributed by atoms with Gasteiger partial charge in [-0.15, -0.1) is 0 Å². The van der Waals surface area contributed by atoms with Gasteiger partial charge in [0.2, 0.25) is 5.78 Å². The smallest absolute Gasteiger partial charge is 0.200 e. The normalized spacial score (nSPS) is 22.1. The van der Waals surface area contributed by atoms with E-state index in [2.05, 4.69) is 15.3 Å².